The number of carbonyl (C=O) groups excluding carboxylic acids is 4. The van der Waals surface area contributed by atoms with Gasteiger partial charge in [-0.2, -0.15) is 0 Å². The number of nitrogens with zero attached hydrogens (tertiary/aromatic N) is 2. The maximum Gasteiger partial charge on any atom is 0.338 e. The van der Waals surface area contributed by atoms with Gasteiger partial charge in [0.05, 0.1) is 24.3 Å². The van der Waals surface area contributed by atoms with Crippen LogP contribution in [-0.2, 0) is 25.5 Å². The molecule has 174 valence electrons. The number of rotatable bonds is 9. The average molecular weight is 471 g/mol. The lowest BCUT2D eigenvalue weighted by Gasteiger charge is -2.28. The molecule has 0 N–H and O–H groups in total. The third-order valence-corrected chi connectivity index (χ3v) is 5.69. The highest BCUT2D eigenvalue weighted by Crippen LogP contribution is 2.27. The first-order valence-corrected chi connectivity index (χ1v) is 11.4. The van der Waals surface area contributed by atoms with Crippen LogP contribution in [0.3, 0.4) is 0 Å². The zero-order valence-corrected chi connectivity index (χ0v) is 19.5. The summed E-state index contributed by atoms with van der Waals surface area (Å²) in [4.78, 5) is 53.4. The van der Waals surface area contributed by atoms with E-state index in [1.807, 2.05) is 25.1 Å². The number of anilines is 1. The molecular formula is C25H27ClN2O5. The minimum absolute atomic E-state index is 0.0799. The third-order valence-electron chi connectivity index (χ3n) is 5.45. The second kappa shape index (κ2) is 11.1. The fraction of sp³-hybridized carbons (Fsp3) is 0.360. The van der Waals surface area contributed by atoms with Crippen LogP contribution in [0.5, 0.6) is 0 Å². The molecule has 3 rings (SSSR count). The number of esters is 1. The Morgan fingerprint density at radius 1 is 1.12 bits per heavy atom. The molecule has 2 aromatic carbocycles. The maximum absolute atomic E-state index is 13.3. The van der Waals surface area contributed by atoms with Gasteiger partial charge in [0.15, 0.2) is 0 Å². The van der Waals surface area contributed by atoms with Crippen molar-refractivity contribution in [3.63, 3.8) is 0 Å². The number of hydrogen-bond acceptors (Lipinski definition) is 5. The number of amides is 3. The van der Waals surface area contributed by atoms with Gasteiger partial charge in [-0.25, -0.2) is 9.69 Å². The Hall–Kier alpha value is -3.19. The molecule has 2 aromatic rings. The SMILES string of the molecule is CCCC(=O)N(CCc1cccc(Cl)c1)C1CC(=O)N(c2ccc(C(=O)OCC)cc2)C1=O. The van der Waals surface area contributed by atoms with Gasteiger partial charge in [0.1, 0.15) is 6.04 Å². The number of ether oxygens (including phenoxy) is 1. The summed E-state index contributed by atoms with van der Waals surface area (Å²) in [6.07, 6.45) is 1.37. The van der Waals surface area contributed by atoms with Crippen molar-refractivity contribution in [1.29, 1.82) is 0 Å². The minimum atomic E-state index is -0.861. The van der Waals surface area contributed by atoms with Crippen molar-refractivity contribution in [2.45, 2.75) is 45.6 Å². The van der Waals surface area contributed by atoms with Gasteiger partial charge in [0.2, 0.25) is 11.8 Å². The van der Waals surface area contributed by atoms with Crippen LogP contribution in [0, 0.1) is 0 Å². The summed E-state index contributed by atoms with van der Waals surface area (Å²) in [7, 11) is 0. The van der Waals surface area contributed by atoms with Crippen molar-refractivity contribution in [2.24, 2.45) is 0 Å². The van der Waals surface area contributed by atoms with Crippen LogP contribution in [0.4, 0.5) is 5.69 Å². The van der Waals surface area contributed by atoms with E-state index in [4.69, 9.17) is 16.3 Å². The van der Waals surface area contributed by atoms with Crippen molar-refractivity contribution >= 4 is 41.0 Å². The zero-order valence-electron chi connectivity index (χ0n) is 18.8. The molecule has 0 saturated carbocycles. The topological polar surface area (TPSA) is 84.0 Å². The van der Waals surface area contributed by atoms with Gasteiger partial charge < -0.3 is 9.64 Å². The highest BCUT2D eigenvalue weighted by Gasteiger charge is 2.44. The minimum Gasteiger partial charge on any atom is -0.462 e. The Labute approximate surface area is 198 Å². The van der Waals surface area contributed by atoms with Crippen molar-refractivity contribution in [3.05, 3.63) is 64.7 Å². The smallest absolute Gasteiger partial charge is 0.338 e. The number of benzene rings is 2. The lowest BCUT2D eigenvalue weighted by molar-refractivity contribution is -0.138. The molecule has 0 radical (unpaired) electrons. The van der Waals surface area contributed by atoms with E-state index in [2.05, 4.69) is 0 Å². The van der Waals surface area contributed by atoms with Crippen LogP contribution in [0.25, 0.3) is 0 Å². The molecule has 0 spiro atoms. The predicted molar refractivity (Wildman–Crippen MR) is 125 cm³/mol. The van der Waals surface area contributed by atoms with Gasteiger partial charge in [-0.05, 0) is 61.7 Å². The van der Waals surface area contributed by atoms with Crippen LogP contribution in [0.1, 0.15) is 49.0 Å². The van der Waals surface area contributed by atoms with Crippen molar-refractivity contribution in [1.82, 2.24) is 4.90 Å². The number of imide groups is 1. The predicted octanol–water partition coefficient (Wildman–Crippen LogP) is 4.02. The lowest BCUT2D eigenvalue weighted by atomic mass is 10.1. The summed E-state index contributed by atoms with van der Waals surface area (Å²) in [6, 6.07) is 12.6. The molecule has 1 heterocycles. The van der Waals surface area contributed by atoms with Crippen LogP contribution in [-0.4, -0.2) is 47.8 Å². The Morgan fingerprint density at radius 2 is 1.85 bits per heavy atom. The van der Waals surface area contributed by atoms with Crippen LogP contribution in [0.15, 0.2) is 48.5 Å². The molecule has 0 aromatic heterocycles. The molecule has 0 aliphatic carbocycles. The van der Waals surface area contributed by atoms with Crippen LogP contribution >= 0.6 is 11.6 Å². The van der Waals surface area contributed by atoms with Crippen molar-refractivity contribution < 1.29 is 23.9 Å². The van der Waals surface area contributed by atoms with E-state index in [0.717, 1.165) is 10.5 Å². The van der Waals surface area contributed by atoms with Gasteiger partial charge in [0, 0.05) is 18.0 Å². The van der Waals surface area contributed by atoms with E-state index in [-0.39, 0.29) is 24.8 Å². The molecule has 1 aliphatic heterocycles. The fourth-order valence-corrected chi connectivity index (χ4v) is 4.06. The van der Waals surface area contributed by atoms with Gasteiger partial charge in [-0.3, -0.25) is 14.4 Å². The van der Waals surface area contributed by atoms with E-state index in [1.54, 1.807) is 13.0 Å². The van der Waals surface area contributed by atoms with Gasteiger partial charge >= 0.3 is 5.97 Å². The molecule has 33 heavy (non-hydrogen) atoms. The highest BCUT2D eigenvalue weighted by atomic mass is 35.5. The Morgan fingerprint density at radius 3 is 2.48 bits per heavy atom. The standard InChI is InChI=1S/C25H27ClN2O5/c1-3-6-22(29)27(14-13-17-7-5-8-19(26)15-17)21-16-23(30)28(24(21)31)20-11-9-18(10-12-20)25(32)33-4-2/h5,7-12,15,21H,3-4,6,13-14,16H2,1-2H3. The Kier molecular flexibility index (Phi) is 8.22. The summed E-state index contributed by atoms with van der Waals surface area (Å²) in [5.74, 6) is -1.46. The van der Waals surface area contributed by atoms with Crippen LogP contribution < -0.4 is 4.90 Å². The zero-order chi connectivity index (χ0) is 24.0. The summed E-state index contributed by atoms with van der Waals surface area (Å²) in [5.41, 5.74) is 1.63. The lowest BCUT2D eigenvalue weighted by Crippen LogP contribution is -2.46. The van der Waals surface area contributed by atoms with E-state index in [1.165, 1.54) is 29.2 Å². The first kappa shape index (κ1) is 24.5. The molecule has 1 aliphatic rings. The van der Waals surface area contributed by atoms with E-state index >= 15 is 0 Å². The second-order valence-corrected chi connectivity index (χ2v) is 8.21. The summed E-state index contributed by atoms with van der Waals surface area (Å²) in [6.45, 7) is 4.17. The largest absolute Gasteiger partial charge is 0.462 e. The molecular weight excluding hydrogens is 444 g/mol. The molecule has 1 atom stereocenters. The first-order valence-electron chi connectivity index (χ1n) is 11.0. The normalized spacial score (nSPS) is 15.6. The van der Waals surface area contributed by atoms with E-state index in [9.17, 15) is 19.2 Å². The monoisotopic (exact) mass is 470 g/mol. The Balaban J connectivity index is 1.79. The summed E-state index contributed by atoms with van der Waals surface area (Å²) >= 11 is 6.06. The fourth-order valence-electron chi connectivity index (χ4n) is 3.85. The molecule has 3 amide bonds. The number of halogens is 1. The number of carbonyl (C=O) groups is 4. The second-order valence-electron chi connectivity index (χ2n) is 7.77. The molecule has 8 heteroatoms. The Bertz CT molecular complexity index is 1040. The van der Waals surface area contributed by atoms with E-state index in [0.29, 0.717) is 42.1 Å². The van der Waals surface area contributed by atoms with Crippen molar-refractivity contribution in [3.8, 4) is 0 Å². The van der Waals surface area contributed by atoms with Gasteiger partial charge in [-0.15, -0.1) is 0 Å². The average Bonchev–Trinajstić information content (AvgIpc) is 3.08. The first-order chi connectivity index (χ1) is 15.8. The quantitative estimate of drug-likeness (QED) is 0.408. The van der Waals surface area contributed by atoms with Gasteiger partial charge in [-0.1, -0.05) is 30.7 Å². The molecule has 1 fully saturated rings. The molecule has 0 bridgehead atoms. The van der Waals surface area contributed by atoms with Crippen molar-refractivity contribution in [2.75, 3.05) is 18.1 Å². The summed E-state index contributed by atoms with van der Waals surface area (Å²) in [5, 5.41) is 0.600. The molecule has 1 unspecified atom stereocenters. The molecule has 1 saturated heterocycles. The molecule has 7 nitrogen and oxygen atoms in total. The highest BCUT2D eigenvalue weighted by molar-refractivity contribution is 6.30. The van der Waals surface area contributed by atoms with E-state index < -0.39 is 17.9 Å². The number of hydrogen-bond donors (Lipinski definition) is 0. The maximum atomic E-state index is 13.3. The third kappa shape index (κ3) is 5.79. The summed E-state index contributed by atoms with van der Waals surface area (Å²) < 4.78 is 4.97. The van der Waals surface area contributed by atoms with Gasteiger partial charge in [0.25, 0.3) is 5.91 Å². The van der Waals surface area contributed by atoms with Crippen LogP contribution in [0.2, 0.25) is 5.02 Å².